The second-order valence-electron chi connectivity index (χ2n) is 3.00. The van der Waals surface area contributed by atoms with E-state index in [-0.39, 0.29) is 0 Å². The van der Waals surface area contributed by atoms with Gasteiger partial charge >= 0.3 is 5.97 Å². The van der Waals surface area contributed by atoms with E-state index in [2.05, 4.69) is 16.3 Å². The highest BCUT2D eigenvalue weighted by Crippen LogP contribution is 2.19. The van der Waals surface area contributed by atoms with E-state index in [1.54, 1.807) is 18.2 Å². The Labute approximate surface area is 86.2 Å². The molecule has 0 aliphatic carbocycles. The van der Waals surface area contributed by atoms with Crippen molar-refractivity contribution in [1.29, 1.82) is 0 Å². The molecule has 4 heteroatoms. The van der Waals surface area contributed by atoms with Crippen LogP contribution in [0.15, 0.2) is 35.6 Å². The fraction of sp³-hybridized carbons (Fsp3) is 0.0909. The van der Waals surface area contributed by atoms with Crippen LogP contribution in [0, 0.1) is 0 Å². The van der Waals surface area contributed by atoms with E-state index in [1.165, 1.54) is 13.5 Å². The van der Waals surface area contributed by atoms with Crippen LogP contribution in [-0.2, 0) is 9.53 Å². The summed E-state index contributed by atoms with van der Waals surface area (Å²) in [5.41, 5.74) is 2.34. The molecule has 2 rings (SSSR count). The Bertz CT molecular complexity index is 527. The van der Waals surface area contributed by atoms with Crippen molar-refractivity contribution in [1.82, 2.24) is 4.98 Å². The number of nitrogens with zero attached hydrogens (tertiary/aromatic N) is 1. The fourth-order valence-corrected chi connectivity index (χ4v) is 1.28. The van der Waals surface area contributed by atoms with Crippen molar-refractivity contribution >= 4 is 22.6 Å². The van der Waals surface area contributed by atoms with Crippen molar-refractivity contribution in [2.75, 3.05) is 7.11 Å². The van der Waals surface area contributed by atoms with E-state index in [1.807, 2.05) is 0 Å². The maximum absolute atomic E-state index is 11.2. The minimum atomic E-state index is -0.450. The Balaban J connectivity index is 2.44. The summed E-state index contributed by atoms with van der Waals surface area (Å²) in [6.45, 7) is 3.65. The van der Waals surface area contributed by atoms with Crippen LogP contribution in [0.3, 0.4) is 0 Å². The molecule has 0 bridgehead atoms. The van der Waals surface area contributed by atoms with Crippen LogP contribution in [0.5, 0.6) is 0 Å². The molecule has 0 aliphatic heterocycles. The summed E-state index contributed by atoms with van der Waals surface area (Å²) >= 11 is 0. The number of hydrogen-bond acceptors (Lipinski definition) is 4. The molecule has 1 aromatic carbocycles. The van der Waals surface area contributed by atoms with E-state index in [4.69, 9.17) is 4.42 Å². The maximum atomic E-state index is 11.2. The molecule has 1 heterocycles. The summed E-state index contributed by atoms with van der Waals surface area (Å²) in [6.07, 6.45) is 1.36. The molecular formula is C11H9NO3. The third-order valence-corrected chi connectivity index (χ3v) is 2.11. The number of hydrogen-bond donors (Lipinski definition) is 0. The fourth-order valence-electron chi connectivity index (χ4n) is 1.28. The van der Waals surface area contributed by atoms with Crippen molar-refractivity contribution in [3.8, 4) is 0 Å². The molecule has 2 aromatic rings. The predicted molar refractivity (Wildman–Crippen MR) is 55.1 cm³/mol. The molecule has 76 valence electrons. The molecule has 0 unspecified atom stereocenters. The third kappa shape index (κ3) is 1.61. The molecule has 0 atom stereocenters. The zero-order valence-electron chi connectivity index (χ0n) is 8.19. The highest BCUT2D eigenvalue weighted by Gasteiger charge is 2.10. The van der Waals surface area contributed by atoms with Gasteiger partial charge in [-0.15, -0.1) is 0 Å². The number of oxazole rings is 1. The van der Waals surface area contributed by atoms with Crippen LogP contribution in [0.4, 0.5) is 0 Å². The van der Waals surface area contributed by atoms with E-state index in [9.17, 15) is 4.79 Å². The van der Waals surface area contributed by atoms with Crippen molar-refractivity contribution in [3.05, 3.63) is 36.7 Å². The van der Waals surface area contributed by atoms with Crippen LogP contribution in [0.2, 0.25) is 0 Å². The summed E-state index contributed by atoms with van der Waals surface area (Å²) in [7, 11) is 1.32. The van der Waals surface area contributed by atoms with Crippen LogP contribution in [0.25, 0.3) is 16.7 Å². The topological polar surface area (TPSA) is 52.3 Å². The van der Waals surface area contributed by atoms with Gasteiger partial charge in [0.25, 0.3) is 0 Å². The molecule has 1 aromatic heterocycles. The van der Waals surface area contributed by atoms with E-state index < -0.39 is 5.97 Å². The minimum Gasteiger partial charge on any atom is -0.465 e. The first-order chi connectivity index (χ1) is 7.22. The molecule has 0 saturated heterocycles. The zero-order chi connectivity index (χ0) is 10.8. The summed E-state index contributed by atoms with van der Waals surface area (Å²) in [5, 5.41) is 0. The molecule has 4 nitrogen and oxygen atoms in total. The lowest BCUT2D eigenvalue weighted by Gasteiger charge is -2.02. The van der Waals surface area contributed by atoms with Gasteiger partial charge in [0.1, 0.15) is 5.52 Å². The molecule has 0 N–H and O–H groups in total. The van der Waals surface area contributed by atoms with Gasteiger partial charge in [0.05, 0.1) is 12.7 Å². The van der Waals surface area contributed by atoms with Gasteiger partial charge in [0.15, 0.2) is 12.0 Å². The SMILES string of the molecule is C=C(C(=O)OC)c1ccc2ncoc2c1. The number of benzene rings is 1. The first-order valence-electron chi connectivity index (χ1n) is 4.33. The van der Waals surface area contributed by atoms with Gasteiger partial charge in [-0.1, -0.05) is 12.6 Å². The summed E-state index contributed by atoms with van der Waals surface area (Å²) in [5.74, 6) is -0.450. The Hall–Kier alpha value is -2.10. The number of ether oxygens (including phenoxy) is 1. The molecule has 0 saturated carbocycles. The number of esters is 1. The van der Waals surface area contributed by atoms with Gasteiger partial charge < -0.3 is 9.15 Å². The maximum Gasteiger partial charge on any atom is 0.337 e. The first-order valence-corrected chi connectivity index (χ1v) is 4.33. The summed E-state index contributed by atoms with van der Waals surface area (Å²) < 4.78 is 9.69. The largest absolute Gasteiger partial charge is 0.465 e. The molecule has 0 radical (unpaired) electrons. The third-order valence-electron chi connectivity index (χ3n) is 2.11. The Morgan fingerprint density at radius 1 is 1.53 bits per heavy atom. The van der Waals surface area contributed by atoms with Crippen molar-refractivity contribution < 1.29 is 13.9 Å². The highest BCUT2D eigenvalue weighted by molar-refractivity contribution is 6.16. The van der Waals surface area contributed by atoms with Crippen LogP contribution in [-0.4, -0.2) is 18.1 Å². The minimum absolute atomic E-state index is 0.302. The average molecular weight is 203 g/mol. The van der Waals surface area contributed by atoms with Crippen LogP contribution in [0.1, 0.15) is 5.56 Å². The number of carbonyl (C=O) groups is 1. The second kappa shape index (κ2) is 3.57. The quantitative estimate of drug-likeness (QED) is 0.553. The van der Waals surface area contributed by atoms with Crippen molar-refractivity contribution in [2.45, 2.75) is 0 Å². The summed E-state index contributed by atoms with van der Waals surface area (Å²) in [4.78, 5) is 15.2. The van der Waals surface area contributed by atoms with Crippen LogP contribution >= 0.6 is 0 Å². The number of rotatable bonds is 2. The molecule has 0 fully saturated rings. The molecule has 15 heavy (non-hydrogen) atoms. The molecule has 0 aliphatic rings. The lowest BCUT2D eigenvalue weighted by Crippen LogP contribution is -2.02. The van der Waals surface area contributed by atoms with E-state index in [0.29, 0.717) is 16.7 Å². The first kappa shape index (κ1) is 9.45. The number of fused-ring (bicyclic) bond motifs is 1. The molecular weight excluding hydrogens is 194 g/mol. The molecule has 0 spiro atoms. The van der Waals surface area contributed by atoms with Crippen LogP contribution < -0.4 is 0 Å². The second-order valence-corrected chi connectivity index (χ2v) is 3.00. The number of aromatic nitrogens is 1. The Morgan fingerprint density at radius 2 is 2.33 bits per heavy atom. The normalized spacial score (nSPS) is 10.2. The van der Waals surface area contributed by atoms with Crippen molar-refractivity contribution in [3.63, 3.8) is 0 Å². The van der Waals surface area contributed by atoms with Crippen molar-refractivity contribution in [2.24, 2.45) is 0 Å². The van der Waals surface area contributed by atoms with Gasteiger partial charge in [-0.3, -0.25) is 0 Å². The van der Waals surface area contributed by atoms with Gasteiger partial charge in [-0.25, -0.2) is 9.78 Å². The smallest absolute Gasteiger partial charge is 0.337 e. The van der Waals surface area contributed by atoms with Gasteiger partial charge in [0.2, 0.25) is 0 Å². The zero-order valence-corrected chi connectivity index (χ0v) is 8.19. The average Bonchev–Trinajstić information content (AvgIpc) is 2.73. The highest BCUT2D eigenvalue weighted by atomic mass is 16.5. The Morgan fingerprint density at radius 3 is 3.07 bits per heavy atom. The Kier molecular flexibility index (Phi) is 2.25. The van der Waals surface area contributed by atoms with Gasteiger partial charge in [-0.2, -0.15) is 0 Å². The van der Waals surface area contributed by atoms with E-state index >= 15 is 0 Å². The lowest BCUT2D eigenvalue weighted by atomic mass is 10.1. The van der Waals surface area contributed by atoms with Gasteiger partial charge in [-0.05, 0) is 17.7 Å². The van der Waals surface area contributed by atoms with Gasteiger partial charge in [0, 0.05) is 0 Å². The number of carbonyl (C=O) groups excluding carboxylic acids is 1. The summed E-state index contributed by atoms with van der Waals surface area (Å²) in [6, 6.07) is 5.23. The number of methoxy groups -OCH3 is 1. The molecule has 0 amide bonds. The van der Waals surface area contributed by atoms with E-state index in [0.717, 1.165) is 5.52 Å². The lowest BCUT2D eigenvalue weighted by molar-refractivity contribution is -0.133. The predicted octanol–water partition coefficient (Wildman–Crippen LogP) is 2.01. The standard InChI is InChI=1S/C11H9NO3/c1-7(11(13)14-2)8-3-4-9-10(5-8)15-6-12-9/h3-6H,1H2,2H3. The monoisotopic (exact) mass is 203 g/mol.